The number of nitrogens with one attached hydrogen (secondary N) is 1. The van der Waals surface area contributed by atoms with E-state index in [1.807, 2.05) is 0 Å². The number of carbonyl (C=O) groups is 2. The first-order chi connectivity index (χ1) is 9.58. The van der Waals surface area contributed by atoms with Gasteiger partial charge in [-0.3, -0.25) is 4.79 Å². The van der Waals surface area contributed by atoms with Crippen LogP contribution in [0.4, 0.5) is 0 Å². The quantitative estimate of drug-likeness (QED) is 0.843. The fourth-order valence-electron chi connectivity index (χ4n) is 2.54. The first kappa shape index (κ1) is 17.3. The largest absolute Gasteiger partial charge is 0.478 e. The van der Waals surface area contributed by atoms with Crippen LogP contribution in [0.15, 0.2) is 10.5 Å². The molecule has 5 nitrogen and oxygen atoms in total. The molecule has 21 heavy (non-hydrogen) atoms. The van der Waals surface area contributed by atoms with Crippen LogP contribution >= 0.6 is 0 Å². The van der Waals surface area contributed by atoms with Gasteiger partial charge < -0.3 is 14.8 Å². The van der Waals surface area contributed by atoms with Crippen LogP contribution in [0.1, 0.15) is 62.4 Å². The first-order valence-corrected chi connectivity index (χ1v) is 7.18. The number of amides is 1. The van der Waals surface area contributed by atoms with Crippen molar-refractivity contribution < 1.29 is 19.1 Å². The van der Waals surface area contributed by atoms with E-state index in [1.165, 1.54) is 6.07 Å². The maximum Gasteiger partial charge on any atom is 0.339 e. The van der Waals surface area contributed by atoms with E-state index in [-0.39, 0.29) is 23.4 Å². The van der Waals surface area contributed by atoms with Crippen molar-refractivity contribution in [3.8, 4) is 0 Å². The molecule has 0 bridgehead atoms. The first-order valence-electron chi connectivity index (χ1n) is 7.18. The van der Waals surface area contributed by atoms with Crippen molar-refractivity contribution in [3.63, 3.8) is 0 Å². The van der Waals surface area contributed by atoms with E-state index >= 15 is 0 Å². The minimum Gasteiger partial charge on any atom is -0.478 e. The van der Waals surface area contributed by atoms with Crippen LogP contribution in [-0.2, 0) is 11.3 Å². The van der Waals surface area contributed by atoms with Gasteiger partial charge in [-0.05, 0) is 30.7 Å². The zero-order valence-electron chi connectivity index (χ0n) is 13.4. The number of hydrogen-bond donors (Lipinski definition) is 2. The Hall–Kier alpha value is -1.78. The van der Waals surface area contributed by atoms with E-state index in [9.17, 15) is 9.59 Å². The lowest BCUT2D eigenvalue weighted by molar-refractivity contribution is -0.122. The number of carboxylic acids is 1. The highest BCUT2D eigenvalue weighted by Gasteiger charge is 2.18. The van der Waals surface area contributed by atoms with Crippen LogP contribution < -0.4 is 5.32 Å². The van der Waals surface area contributed by atoms with Crippen LogP contribution in [0, 0.1) is 18.3 Å². The van der Waals surface area contributed by atoms with Gasteiger partial charge in [0.05, 0.1) is 6.54 Å². The fourth-order valence-corrected chi connectivity index (χ4v) is 2.54. The lowest BCUT2D eigenvalue weighted by Crippen LogP contribution is -2.25. The molecule has 0 fully saturated rings. The molecule has 0 radical (unpaired) electrons. The van der Waals surface area contributed by atoms with E-state index in [0.717, 1.165) is 6.42 Å². The zero-order valence-corrected chi connectivity index (χ0v) is 13.4. The fraction of sp³-hybridized carbons (Fsp3) is 0.625. The molecule has 0 aliphatic rings. The van der Waals surface area contributed by atoms with Crippen molar-refractivity contribution in [2.45, 2.75) is 54.0 Å². The van der Waals surface area contributed by atoms with Crippen molar-refractivity contribution in [3.05, 3.63) is 23.2 Å². The Kier molecular flexibility index (Phi) is 5.58. The molecule has 1 aromatic rings. The van der Waals surface area contributed by atoms with Gasteiger partial charge in [-0.15, -0.1) is 0 Å². The van der Waals surface area contributed by atoms with Crippen LogP contribution in [0.3, 0.4) is 0 Å². The molecule has 2 N–H and O–H groups in total. The highest BCUT2D eigenvalue weighted by molar-refractivity contribution is 5.88. The maximum absolute atomic E-state index is 11.9. The van der Waals surface area contributed by atoms with E-state index in [1.54, 1.807) is 6.92 Å². The molecule has 0 spiro atoms. The van der Waals surface area contributed by atoms with E-state index in [4.69, 9.17) is 9.52 Å². The topological polar surface area (TPSA) is 79.5 Å². The minimum absolute atomic E-state index is 0.0438. The Morgan fingerprint density at radius 3 is 2.48 bits per heavy atom. The summed E-state index contributed by atoms with van der Waals surface area (Å²) in [6.07, 6.45) is 1.44. The normalized spacial score (nSPS) is 13.0. The standard InChI is InChI=1S/C16H25NO4/c1-10(8-16(3,4)5)6-14(18)17-9-12-7-13(15(19)20)11(2)21-12/h7,10H,6,8-9H2,1-5H3,(H,17,18)(H,19,20). The van der Waals surface area contributed by atoms with Crippen LogP contribution in [-0.4, -0.2) is 17.0 Å². The molecule has 1 heterocycles. The zero-order chi connectivity index (χ0) is 16.2. The Morgan fingerprint density at radius 2 is 2.00 bits per heavy atom. The Labute approximate surface area is 125 Å². The second-order valence-corrected chi connectivity index (χ2v) is 6.84. The Morgan fingerprint density at radius 1 is 1.38 bits per heavy atom. The summed E-state index contributed by atoms with van der Waals surface area (Å²) >= 11 is 0. The monoisotopic (exact) mass is 295 g/mol. The molecule has 1 aromatic heterocycles. The lowest BCUT2D eigenvalue weighted by Gasteiger charge is -2.22. The van der Waals surface area contributed by atoms with Gasteiger partial charge in [0.1, 0.15) is 17.1 Å². The second-order valence-electron chi connectivity index (χ2n) is 6.84. The molecule has 118 valence electrons. The number of carbonyl (C=O) groups excluding carboxylic acids is 1. The molecule has 0 aliphatic heterocycles. The van der Waals surface area contributed by atoms with Gasteiger partial charge >= 0.3 is 5.97 Å². The number of hydrogen-bond acceptors (Lipinski definition) is 3. The Bertz CT molecular complexity index is 511. The maximum atomic E-state index is 11.9. The van der Waals surface area contributed by atoms with Crippen molar-refractivity contribution in [1.82, 2.24) is 5.32 Å². The summed E-state index contributed by atoms with van der Waals surface area (Å²) in [5.74, 6) is 0.0535. The summed E-state index contributed by atoms with van der Waals surface area (Å²) in [5, 5.41) is 11.7. The molecule has 1 amide bonds. The molecule has 0 aliphatic carbocycles. The third kappa shape index (κ3) is 6.02. The summed E-state index contributed by atoms with van der Waals surface area (Å²) in [6, 6.07) is 1.45. The molecule has 0 aromatic carbocycles. The second kappa shape index (κ2) is 6.78. The summed E-state index contributed by atoms with van der Waals surface area (Å²) in [5.41, 5.74) is 0.342. The molecule has 1 atom stereocenters. The third-order valence-electron chi connectivity index (χ3n) is 3.15. The molecule has 1 rings (SSSR count). The van der Waals surface area contributed by atoms with Gasteiger partial charge in [0.25, 0.3) is 0 Å². The van der Waals surface area contributed by atoms with Crippen molar-refractivity contribution in [1.29, 1.82) is 0 Å². The molecule has 5 heteroatoms. The number of aryl methyl sites for hydroxylation is 1. The van der Waals surface area contributed by atoms with Crippen LogP contribution in [0.5, 0.6) is 0 Å². The molecular formula is C16H25NO4. The highest BCUT2D eigenvalue weighted by atomic mass is 16.4. The third-order valence-corrected chi connectivity index (χ3v) is 3.15. The molecule has 1 unspecified atom stereocenters. The van der Waals surface area contributed by atoms with Gasteiger partial charge in [-0.1, -0.05) is 27.7 Å². The van der Waals surface area contributed by atoms with Crippen molar-refractivity contribution >= 4 is 11.9 Å². The smallest absolute Gasteiger partial charge is 0.339 e. The summed E-state index contributed by atoms with van der Waals surface area (Å²) in [7, 11) is 0. The summed E-state index contributed by atoms with van der Waals surface area (Å²) in [6.45, 7) is 10.3. The SMILES string of the molecule is Cc1oc(CNC(=O)CC(C)CC(C)(C)C)cc1C(=O)O. The predicted octanol–water partition coefficient (Wildman–Crippen LogP) is 3.36. The highest BCUT2D eigenvalue weighted by Crippen LogP contribution is 2.25. The van der Waals surface area contributed by atoms with Gasteiger partial charge in [-0.2, -0.15) is 0 Å². The Balaban J connectivity index is 2.46. The summed E-state index contributed by atoms with van der Waals surface area (Å²) in [4.78, 5) is 22.8. The van der Waals surface area contributed by atoms with Crippen molar-refractivity contribution in [2.24, 2.45) is 11.3 Å². The van der Waals surface area contributed by atoms with E-state index in [0.29, 0.717) is 23.9 Å². The van der Waals surface area contributed by atoms with E-state index in [2.05, 4.69) is 33.0 Å². The average molecular weight is 295 g/mol. The van der Waals surface area contributed by atoms with Crippen LogP contribution in [0.25, 0.3) is 0 Å². The number of rotatable bonds is 6. The van der Waals surface area contributed by atoms with Crippen molar-refractivity contribution in [2.75, 3.05) is 0 Å². The molecule has 0 saturated carbocycles. The average Bonchev–Trinajstić information content (AvgIpc) is 2.65. The number of carboxylic acid groups (broad SMARTS) is 1. The van der Waals surface area contributed by atoms with Gasteiger partial charge in [0.15, 0.2) is 0 Å². The summed E-state index contributed by atoms with van der Waals surface area (Å²) < 4.78 is 5.32. The number of furan rings is 1. The predicted molar refractivity (Wildman–Crippen MR) is 80.1 cm³/mol. The number of aromatic carboxylic acids is 1. The van der Waals surface area contributed by atoms with Gasteiger partial charge in [-0.25, -0.2) is 4.79 Å². The molecular weight excluding hydrogens is 270 g/mol. The molecule has 0 saturated heterocycles. The minimum atomic E-state index is -1.02. The van der Waals surface area contributed by atoms with Crippen LogP contribution in [0.2, 0.25) is 0 Å². The lowest BCUT2D eigenvalue weighted by atomic mass is 9.84. The van der Waals surface area contributed by atoms with E-state index < -0.39 is 5.97 Å². The van der Waals surface area contributed by atoms with Gasteiger partial charge in [0.2, 0.25) is 5.91 Å². The van der Waals surface area contributed by atoms with Gasteiger partial charge in [0, 0.05) is 6.42 Å².